The smallest absolute Gasteiger partial charge is 0.277 e. The van der Waals surface area contributed by atoms with Crippen molar-refractivity contribution in [3.63, 3.8) is 0 Å². The van der Waals surface area contributed by atoms with E-state index < -0.39 is 0 Å². The fourth-order valence-corrected chi connectivity index (χ4v) is 3.94. The Balaban J connectivity index is 1.49. The van der Waals surface area contributed by atoms with Gasteiger partial charge in [0.25, 0.3) is 5.91 Å². The Hall–Kier alpha value is -2.57. The zero-order valence-electron chi connectivity index (χ0n) is 15.9. The molecule has 1 atom stereocenters. The van der Waals surface area contributed by atoms with Crippen molar-refractivity contribution in [2.45, 2.75) is 29.9 Å². The Morgan fingerprint density at radius 3 is 2.46 bits per heavy atom. The van der Waals surface area contributed by atoms with Crippen LogP contribution >= 0.6 is 11.8 Å². The van der Waals surface area contributed by atoms with E-state index in [0.29, 0.717) is 30.5 Å². The molecular formula is C22H22N2O3S. The van der Waals surface area contributed by atoms with Crippen LogP contribution in [0.4, 0.5) is 0 Å². The highest BCUT2D eigenvalue weighted by Crippen LogP contribution is 2.32. The Kier molecular flexibility index (Phi) is 5.50. The summed E-state index contributed by atoms with van der Waals surface area (Å²) in [5.41, 5.74) is 3.83. The van der Waals surface area contributed by atoms with Gasteiger partial charge in [-0.25, -0.2) is 4.98 Å². The number of hydrogen-bond acceptors (Lipinski definition) is 5. The molecule has 1 aliphatic rings. The van der Waals surface area contributed by atoms with E-state index in [9.17, 15) is 4.79 Å². The molecule has 2 aromatic carbocycles. The van der Waals surface area contributed by atoms with Crippen LogP contribution in [0.15, 0.2) is 69.3 Å². The summed E-state index contributed by atoms with van der Waals surface area (Å²) >= 11 is 1.41. The summed E-state index contributed by atoms with van der Waals surface area (Å²) in [5.74, 6) is -0.122. The lowest BCUT2D eigenvalue weighted by atomic mass is 10.1. The molecule has 28 heavy (non-hydrogen) atoms. The number of hydrogen-bond donors (Lipinski definition) is 0. The van der Waals surface area contributed by atoms with E-state index in [0.717, 1.165) is 10.5 Å². The molecule has 0 spiro atoms. The van der Waals surface area contributed by atoms with Crippen molar-refractivity contribution in [2.24, 2.45) is 0 Å². The second kappa shape index (κ2) is 8.20. The standard InChI is InChI=1S/C22H22N2O3S/c1-15-3-7-17(8-4-15)19-13-24(11-12-26-19)21(25)20-22(27-14-23-20)28-18-9-5-16(2)6-10-18/h3-10,14,19H,11-13H2,1-2H3. The van der Waals surface area contributed by atoms with Crippen LogP contribution in [0.3, 0.4) is 0 Å². The van der Waals surface area contributed by atoms with Crippen molar-refractivity contribution in [3.05, 3.63) is 77.3 Å². The molecular weight excluding hydrogens is 372 g/mol. The molecule has 1 aliphatic heterocycles. The number of morpholine rings is 1. The van der Waals surface area contributed by atoms with Gasteiger partial charge in [-0.2, -0.15) is 0 Å². The lowest BCUT2D eigenvalue weighted by Crippen LogP contribution is -2.42. The Labute approximate surface area is 168 Å². The zero-order chi connectivity index (χ0) is 19.5. The van der Waals surface area contributed by atoms with E-state index in [1.165, 1.54) is 29.3 Å². The molecule has 5 nitrogen and oxygen atoms in total. The molecule has 3 aromatic rings. The molecule has 6 heteroatoms. The first kappa shape index (κ1) is 18.8. The molecule has 1 fully saturated rings. The summed E-state index contributed by atoms with van der Waals surface area (Å²) in [4.78, 5) is 20.1. The van der Waals surface area contributed by atoms with Crippen molar-refractivity contribution < 1.29 is 13.9 Å². The van der Waals surface area contributed by atoms with Gasteiger partial charge in [0.15, 0.2) is 17.2 Å². The Bertz CT molecular complexity index is 951. The van der Waals surface area contributed by atoms with Gasteiger partial charge in [-0.05, 0) is 43.3 Å². The van der Waals surface area contributed by atoms with E-state index in [-0.39, 0.29) is 12.0 Å². The maximum atomic E-state index is 13.1. The van der Waals surface area contributed by atoms with Crippen molar-refractivity contribution in [1.29, 1.82) is 0 Å². The lowest BCUT2D eigenvalue weighted by Gasteiger charge is -2.33. The van der Waals surface area contributed by atoms with Gasteiger partial charge in [0.05, 0.1) is 13.2 Å². The maximum absolute atomic E-state index is 13.1. The van der Waals surface area contributed by atoms with Crippen LogP contribution in [0.2, 0.25) is 0 Å². The van der Waals surface area contributed by atoms with Gasteiger partial charge < -0.3 is 14.1 Å². The highest BCUT2D eigenvalue weighted by molar-refractivity contribution is 7.99. The number of amides is 1. The molecule has 2 heterocycles. The zero-order valence-corrected chi connectivity index (χ0v) is 16.7. The molecule has 1 aromatic heterocycles. The molecule has 0 N–H and O–H groups in total. The molecule has 1 unspecified atom stereocenters. The topological polar surface area (TPSA) is 55.6 Å². The molecule has 0 saturated carbocycles. The van der Waals surface area contributed by atoms with Gasteiger partial charge in [0.2, 0.25) is 0 Å². The molecule has 0 aliphatic carbocycles. The van der Waals surface area contributed by atoms with Crippen LogP contribution < -0.4 is 0 Å². The number of aromatic nitrogens is 1. The van der Waals surface area contributed by atoms with Crippen molar-refractivity contribution in [2.75, 3.05) is 19.7 Å². The predicted molar refractivity (Wildman–Crippen MR) is 108 cm³/mol. The van der Waals surface area contributed by atoms with Crippen molar-refractivity contribution in [1.82, 2.24) is 9.88 Å². The van der Waals surface area contributed by atoms with Crippen molar-refractivity contribution in [3.8, 4) is 0 Å². The minimum atomic E-state index is -0.126. The Morgan fingerprint density at radius 2 is 1.75 bits per heavy atom. The van der Waals surface area contributed by atoms with E-state index in [1.54, 1.807) is 4.90 Å². The number of nitrogens with zero attached hydrogens (tertiary/aromatic N) is 2. The summed E-state index contributed by atoms with van der Waals surface area (Å²) < 4.78 is 11.4. The van der Waals surface area contributed by atoms with E-state index >= 15 is 0 Å². The first-order chi connectivity index (χ1) is 13.6. The minimum absolute atomic E-state index is 0.122. The predicted octanol–water partition coefficient (Wildman–Crippen LogP) is 4.66. The summed E-state index contributed by atoms with van der Waals surface area (Å²) in [5, 5.41) is 0.521. The molecule has 0 bridgehead atoms. The van der Waals surface area contributed by atoms with Crippen molar-refractivity contribution >= 4 is 17.7 Å². The second-order valence-corrected chi connectivity index (χ2v) is 7.97. The number of aryl methyl sites for hydroxylation is 2. The third-order valence-electron chi connectivity index (χ3n) is 4.77. The van der Waals surface area contributed by atoms with Gasteiger partial charge in [-0.1, -0.05) is 47.5 Å². The largest absolute Gasteiger partial charge is 0.436 e. The highest BCUT2D eigenvalue weighted by atomic mass is 32.2. The number of carbonyl (C=O) groups excluding carboxylic acids is 1. The molecule has 144 valence electrons. The summed E-state index contributed by atoms with van der Waals surface area (Å²) in [6, 6.07) is 16.3. The number of ether oxygens (including phenoxy) is 1. The second-order valence-electron chi connectivity index (χ2n) is 6.92. The van der Waals surface area contributed by atoms with Crippen LogP contribution in [0, 0.1) is 13.8 Å². The van der Waals surface area contributed by atoms with E-state index in [2.05, 4.69) is 36.2 Å². The third-order valence-corrected chi connectivity index (χ3v) is 5.75. The number of oxazole rings is 1. The van der Waals surface area contributed by atoms with Crippen LogP contribution in [0.5, 0.6) is 0 Å². The van der Waals surface area contributed by atoms with Gasteiger partial charge in [0.1, 0.15) is 6.10 Å². The summed E-state index contributed by atoms with van der Waals surface area (Å²) in [6.07, 6.45) is 1.21. The monoisotopic (exact) mass is 394 g/mol. The maximum Gasteiger partial charge on any atom is 0.277 e. The fraction of sp³-hybridized carbons (Fsp3) is 0.273. The first-order valence-corrected chi connectivity index (χ1v) is 10.1. The number of rotatable bonds is 4. The van der Waals surface area contributed by atoms with Gasteiger partial charge >= 0.3 is 0 Å². The number of benzene rings is 2. The fourth-order valence-electron chi connectivity index (χ4n) is 3.13. The van der Waals surface area contributed by atoms with Gasteiger partial charge in [-0.3, -0.25) is 4.79 Å². The van der Waals surface area contributed by atoms with E-state index in [4.69, 9.17) is 9.15 Å². The normalized spacial score (nSPS) is 16.9. The Morgan fingerprint density at radius 1 is 1.07 bits per heavy atom. The third kappa shape index (κ3) is 4.13. The van der Waals surface area contributed by atoms with E-state index in [1.807, 2.05) is 31.2 Å². The quantitative estimate of drug-likeness (QED) is 0.644. The molecule has 1 amide bonds. The minimum Gasteiger partial charge on any atom is -0.436 e. The average molecular weight is 394 g/mol. The van der Waals surface area contributed by atoms with Crippen LogP contribution in [-0.4, -0.2) is 35.5 Å². The average Bonchev–Trinajstić information content (AvgIpc) is 3.18. The molecule has 1 saturated heterocycles. The van der Waals surface area contributed by atoms with Gasteiger partial charge in [-0.15, -0.1) is 0 Å². The van der Waals surface area contributed by atoms with Crippen LogP contribution in [0.25, 0.3) is 0 Å². The summed E-state index contributed by atoms with van der Waals surface area (Å²) in [7, 11) is 0. The van der Waals surface area contributed by atoms with Crippen LogP contribution in [0.1, 0.15) is 33.3 Å². The molecule has 4 rings (SSSR count). The lowest BCUT2D eigenvalue weighted by molar-refractivity contribution is -0.0231. The SMILES string of the molecule is Cc1ccc(Sc2ocnc2C(=O)N2CCOC(c3ccc(C)cc3)C2)cc1. The first-order valence-electron chi connectivity index (χ1n) is 9.25. The summed E-state index contributed by atoms with van der Waals surface area (Å²) in [6.45, 7) is 5.65. The van der Waals surface area contributed by atoms with Crippen LogP contribution in [-0.2, 0) is 4.74 Å². The highest BCUT2D eigenvalue weighted by Gasteiger charge is 2.29. The van der Waals surface area contributed by atoms with Gasteiger partial charge in [0, 0.05) is 11.4 Å². The molecule has 0 radical (unpaired) electrons. The number of carbonyl (C=O) groups is 1.